The molecule has 0 N–H and O–H groups in total. The van der Waals surface area contributed by atoms with Gasteiger partial charge in [0.1, 0.15) is 6.04 Å². The van der Waals surface area contributed by atoms with Crippen molar-refractivity contribution in [2.75, 3.05) is 20.1 Å². The molecule has 0 saturated heterocycles. The summed E-state index contributed by atoms with van der Waals surface area (Å²) in [5, 5.41) is 0. The fourth-order valence-corrected chi connectivity index (χ4v) is 2.18. The largest absolute Gasteiger partial charge is 0.268 e. The van der Waals surface area contributed by atoms with Crippen molar-refractivity contribution in [1.82, 2.24) is 4.90 Å². The maximum Gasteiger partial charge on any atom is 0.234 e. The Hall–Kier alpha value is -0.530. The normalized spacial score (nSPS) is 30.3. The van der Waals surface area contributed by atoms with Gasteiger partial charge >= 0.3 is 0 Å². The average Bonchev–Trinajstić information content (AvgIpc) is 2.03. The Balaban J connectivity index is 2.70. The van der Waals surface area contributed by atoms with E-state index >= 15 is 0 Å². The van der Waals surface area contributed by atoms with Crippen molar-refractivity contribution in [3.8, 4) is 0 Å². The SMILES string of the molecule is CCC1C(C)CN(CC)C=[N+]1C. The molecule has 0 amide bonds. The molecule has 0 aromatic heterocycles. The van der Waals surface area contributed by atoms with E-state index in [1.165, 1.54) is 13.0 Å². The Bertz CT molecular complexity index is 175. The molecule has 1 rings (SSSR count). The molecule has 1 aliphatic rings. The smallest absolute Gasteiger partial charge is 0.234 e. The highest BCUT2D eigenvalue weighted by Crippen LogP contribution is 2.14. The van der Waals surface area contributed by atoms with Crippen LogP contribution in [-0.2, 0) is 0 Å². The second-order valence-electron chi connectivity index (χ2n) is 3.82. The van der Waals surface area contributed by atoms with Crippen LogP contribution in [0.15, 0.2) is 0 Å². The van der Waals surface area contributed by atoms with Gasteiger partial charge in [0.15, 0.2) is 0 Å². The van der Waals surface area contributed by atoms with Crippen LogP contribution in [0, 0.1) is 5.92 Å². The van der Waals surface area contributed by atoms with E-state index in [1.807, 2.05) is 0 Å². The van der Waals surface area contributed by atoms with E-state index in [2.05, 4.69) is 43.6 Å². The van der Waals surface area contributed by atoms with E-state index in [4.69, 9.17) is 0 Å². The predicted octanol–water partition coefficient (Wildman–Crippen LogP) is 1.41. The molecule has 0 aromatic carbocycles. The lowest BCUT2D eigenvalue weighted by Gasteiger charge is -2.29. The standard InChI is InChI=1S/C10H21N2/c1-5-10-9(3)7-12(6-2)8-11(10)4/h8-10H,5-7H2,1-4H3/q+1. The third-order valence-corrected chi connectivity index (χ3v) is 2.87. The molecule has 2 atom stereocenters. The Labute approximate surface area is 75.9 Å². The Kier molecular flexibility index (Phi) is 3.12. The predicted molar refractivity (Wildman–Crippen MR) is 52.7 cm³/mol. The van der Waals surface area contributed by atoms with Gasteiger partial charge in [-0.2, -0.15) is 0 Å². The van der Waals surface area contributed by atoms with Crippen LogP contribution in [0.5, 0.6) is 0 Å². The van der Waals surface area contributed by atoms with Crippen LogP contribution in [0.4, 0.5) is 0 Å². The summed E-state index contributed by atoms with van der Waals surface area (Å²) in [4.78, 5) is 2.39. The average molecular weight is 169 g/mol. The first-order valence-corrected chi connectivity index (χ1v) is 5.00. The van der Waals surface area contributed by atoms with Crippen LogP contribution >= 0.6 is 0 Å². The highest BCUT2D eigenvalue weighted by atomic mass is 15.2. The van der Waals surface area contributed by atoms with Crippen LogP contribution in [-0.4, -0.2) is 42.0 Å². The molecule has 0 radical (unpaired) electrons. The first-order valence-electron chi connectivity index (χ1n) is 5.00. The Morgan fingerprint density at radius 2 is 2.17 bits per heavy atom. The van der Waals surface area contributed by atoms with Crippen molar-refractivity contribution in [2.45, 2.75) is 33.2 Å². The summed E-state index contributed by atoms with van der Waals surface area (Å²) >= 11 is 0. The van der Waals surface area contributed by atoms with E-state index in [9.17, 15) is 0 Å². The molecular weight excluding hydrogens is 148 g/mol. The van der Waals surface area contributed by atoms with Crippen molar-refractivity contribution in [1.29, 1.82) is 0 Å². The third-order valence-electron chi connectivity index (χ3n) is 2.87. The van der Waals surface area contributed by atoms with Crippen molar-refractivity contribution >= 4 is 6.34 Å². The van der Waals surface area contributed by atoms with Gasteiger partial charge in [-0.05, 0) is 13.3 Å². The van der Waals surface area contributed by atoms with E-state index in [1.54, 1.807) is 0 Å². The van der Waals surface area contributed by atoms with Crippen molar-refractivity contribution in [3.63, 3.8) is 0 Å². The molecule has 0 aromatic rings. The highest BCUT2D eigenvalue weighted by Gasteiger charge is 2.28. The fraction of sp³-hybridized carbons (Fsp3) is 0.900. The van der Waals surface area contributed by atoms with E-state index in [0.29, 0.717) is 0 Å². The summed E-state index contributed by atoms with van der Waals surface area (Å²) < 4.78 is 2.36. The molecule has 0 bridgehead atoms. The minimum atomic E-state index is 0.743. The van der Waals surface area contributed by atoms with Crippen molar-refractivity contribution in [3.05, 3.63) is 0 Å². The van der Waals surface area contributed by atoms with Gasteiger partial charge < -0.3 is 0 Å². The number of hydrogen-bond donors (Lipinski definition) is 0. The second kappa shape index (κ2) is 3.92. The first-order chi connectivity index (χ1) is 5.69. The van der Waals surface area contributed by atoms with Gasteiger partial charge in [-0.25, -0.2) is 0 Å². The zero-order valence-corrected chi connectivity index (χ0v) is 8.75. The molecule has 0 saturated carbocycles. The number of nitrogens with zero attached hydrogens (tertiary/aromatic N) is 2. The molecule has 2 heteroatoms. The minimum Gasteiger partial charge on any atom is -0.268 e. The van der Waals surface area contributed by atoms with Gasteiger partial charge in [0.05, 0.1) is 20.1 Å². The van der Waals surface area contributed by atoms with E-state index in [-0.39, 0.29) is 0 Å². The summed E-state index contributed by atoms with van der Waals surface area (Å²) in [5.41, 5.74) is 0. The zero-order chi connectivity index (χ0) is 9.14. The Morgan fingerprint density at radius 1 is 1.50 bits per heavy atom. The topological polar surface area (TPSA) is 6.25 Å². The molecule has 2 nitrogen and oxygen atoms in total. The summed E-state index contributed by atoms with van der Waals surface area (Å²) in [5.74, 6) is 0.796. The van der Waals surface area contributed by atoms with Crippen molar-refractivity contribution in [2.24, 2.45) is 5.92 Å². The maximum atomic E-state index is 2.39. The third kappa shape index (κ3) is 1.79. The first kappa shape index (κ1) is 9.56. The van der Waals surface area contributed by atoms with Crippen LogP contribution in [0.3, 0.4) is 0 Å². The van der Waals surface area contributed by atoms with E-state index in [0.717, 1.165) is 18.5 Å². The molecule has 12 heavy (non-hydrogen) atoms. The monoisotopic (exact) mass is 169 g/mol. The van der Waals surface area contributed by atoms with Crippen LogP contribution in [0.25, 0.3) is 0 Å². The lowest BCUT2D eigenvalue weighted by Crippen LogP contribution is -2.45. The lowest BCUT2D eigenvalue weighted by molar-refractivity contribution is -0.553. The molecular formula is C10H21N2+. The van der Waals surface area contributed by atoms with Gasteiger partial charge in [-0.3, -0.25) is 9.48 Å². The van der Waals surface area contributed by atoms with Gasteiger partial charge in [-0.15, -0.1) is 0 Å². The second-order valence-corrected chi connectivity index (χ2v) is 3.82. The van der Waals surface area contributed by atoms with Crippen LogP contribution in [0.1, 0.15) is 27.2 Å². The summed E-state index contributed by atoms with van der Waals surface area (Å²) in [6.45, 7) is 9.18. The van der Waals surface area contributed by atoms with Gasteiger partial charge in [0.2, 0.25) is 6.34 Å². The Morgan fingerprint density at radius 3 is 2.58 bits per heavy atom. The quantitative estimate of drug-likeness (QED) is 0.566. The zero-order valence-electron chi connectivity index (χ0n) is 8.75. The number of rotatable bonds is 2. The van der Waals surface area contributed by atoms with Gasteiger partial charge in [0, 0.05) is 5.92 Å². The summed E-state index contributed by atoms with van der Waals surface area (Å²) in [7, 11) is 2.19. The fourth-order valence-electron chi connectivity index (χ4n) is 2.18. The molecule has 2 unspecified atom stereocenters. The molecule has 70 valence electrons. The molecule has 0 spiro atoms. The molecule has 0 fully saturated rings. The molecule has 0 aliphatic carbocycles. The lowest BCUT2D eigenvalue weighted by atomic mass is 9.97. The molecule has 1 heterocycles. The van der Waals surface area contributed by atoms with Gasteiger partial charge in [-0.1, -0.05) is 13.8 Å². The summed E-state index contributed by atoms with van der Waals surface area (Å²) in [6, 6.07) is 0.743. The summed E-state index contributed by atoms with van der Waals surface area (Å²) in [6.07, 6.45) is 3.51. The van der Waals surface area contributed by atoms with Crippen LogP contribution < -0.4 is 0 Å². The highest BCUT2D eigenvalue weighted by molar-refractivity contribution is 5.49. The molecule has 1 aliphatic heterocycles. The van der Waals surface area contributed by atoms with E-state index < -0.39 is 0 Å². The van der Waals surface area contributed by atoms with Crippen LogP contribution in [0.2, 0.25) is 0 Å². The van der Waals surface area contributed by atoms with Crippen molar-refractivity contribution < 1.29 is 4.58 Å². The van der Waals surface area contributed by atoms with Gasteiger partial charge in [0.25, 0.3) is 0 Å². The minimum absolute atomic E-state index is 0.743. The number of hydrogen-bond acceptors (Lipinski definition) is 1. The maximum absolute atomic E-state index is 2.39.